The Morgan fingerprint density at radius 3 is 2.75 bits per heavy atom. The summed E-state index contributed by atoms with van der Waals surface area (Å²) < 4.78 is 44.7. The van der Waals surface area contributed by atoms with Gasteiger partial charge in [-0.3, -0.25) is 4.79 Å². The van der Waals surface area contributed by atoms with E-state index in [4.69, 9.17) is 4.74 Å². The van der Waals surface area contributed by atoms with E-state index in [-0.39, 0.29) is 19.1 Å². The normalized spacial score (nSPS) is 11.4. The van der Waals surface area contributed by atoms with Gasteiger partial charge in [0.05, 0.1) is 13.2 Å². The largest absolute Gasteiger partial charge is 0.411 e. The van der Waals surface area contributed by atoms with E-state index < -0.39 is 12.8 Å². The lowest BCUT2D eigenvalue weighted by Gasteiger charge is -2.09. The zero-order chi connectivity index (χ0) is 15.0. The highest BCUT2D eigenvalue weighted by Crippen LogP contribution is 2.14. The molecule has 0 heterocycles. The molecule has 0 atom stereocenters. The molecule has 0 bridgehead atoms. The van der Waals surface area contributed by atoms with E-state index >= 15 is 0 Å². The highest BCUT2D eigenvalue weighted by atomic mass is 19.4. The Bertz CT molecular complexity index is 435. The molecule has 1 N–H and O–H groups in total. The van der Waals surface area contributed by atoms with Gasteiger partial charge in [0.1, 0.15) is 6.61 Å². The second-order valence-corrected chi connectivity index (χ2v) is 4.06. The lowest BCUT2D eigenvalue weighted by Crippen LogP contribution is -2.28. The van der Waals surface area contributed by atoms with Crippen LogP contribution in [0.4, 0.5) is 13.2 Å². The molecular weight excluding hydrogens is 275 g/mol. The van der Waals surface area contributed by atoms with Gasteiger partial charge in [-0.15, -0.1) is 0 Å². The van der Waals surface area contributed by atoms with Crippen molar-refractivity contribution in [1.82, 2.24) is 5.32 Å². The third-order valence-corrected chi connectivity index (χ3v) is 2.30. The molecule has 0 spiro atoms. The summed E-state index contributed by atoms with van der Waals surface area (Å²) >= 11 is 0. The Morgan fingerprint density at radius 1 is 1.35 bits per heavy atom. The number of halogens is 3. The van der Waals surface area contributed by atoms with Gasteiger partial charge in [0.25, 0.3) is 5.91 Å². The van der Waals surface area contributed by atoms with Crippen molar-refractivity contribution >= 4 is 5.91 Å². The van der Waals surface area contributed by atoms with Gasteiger partial charge >= 0.3 is 6.18 Å². The number of hydrogen-bond donors (Lipinski definition) is 1. The van der Waals surface area contributed by atoms with Crippen LogP contribution >= 0.6 is 0 Å². The standard InChI is InChI=1S/C13H16F3NO3/c1-19-8-10-3-2-4-11(7-10)12(18)17-5-6-20-9-13(14,15)16/h2-4,7H,5-6,8-9H2,1H3,(H,17,18). The van der Waals surface area contributed by atoms with E-state index in [0.717, 1.165) is 5.56 Å². The molecule has 4 nitrogen and oxygen atoms in total. The summed E-state index contributed by atoms with van der Waals surface area (Å²) in [5.41, 5.74) is 1.27. The fraction of sp³-hybridized carbons (Fsp3) is 0.462. The Hall–Kier alpha value is -1.60. The second-order valence-electron chi connectivity index (χ2n) is 4.06. The van der Waals surface area contributed by atoms with Crippen molar-refractivity contribution in [3.8, 4) is 0 Å². The zero-order valence-corrected chi connectivity index (χ0v) is 11.0. The number of rotatable bonds is 7. The summed E-state index contributed by atoms with van der Waals surface area (Å²) in [5.74, 6) is -0.362. The fourth-order valence-electron chi connectivity index (χ4n) is 1.50. The van der Waals surface area contributed by atoms with Crippen molar-refractivity contribution in [3.63, 3.8) is 0 Å². The van der Waals surface area contributed by atoms with E-state index in [1.165, 1.54) is 0 Å². The Balaban J connectivity index is 2.34. The van der Waals surface area contributed by atoms with Crippen molar-refractivity contribution in [2.24, 2.45) is 0 Å². The van der Waals surface area contributed by atoms with Crippen LogP contribution in [0.15, 0.2) is 24.3 Å². The third kappa shape index (κ3) is 6.53. The predicted octanol–water partition coefficient (Wildman–Crippen LogP) is 2.14. The molecule has 1 rings (SSSR count). The van der Waals surface area contributed by atoms with Crippen molar-refractivity contribution in [3.05, 3.63) is 35.4 Å². The Morgan fingerprint density at radius 2 is 2.10 bits per heavy atom. The molecule has 20 heavy (non-hydrogen) atoms. The molecule has 0 saturated carbocycles. The molecule has 0 radical (unpaired) electrons. The number of methoxy groups -OCH3 is 1. The van der Waals surface area contributed by atoms with E-state index in [1.54, 1.807) is 25.3 Å². The zero-order valence-electron chi connectivity index (χ0n) is 11.0. The minimum atomic E-state index is -4.35. The molecule has 0 saturated heterocycles. The molecule has 0 aliphatic carbocycles. The Kier molecular flexibility index (Phi) is 6.47. The lowest BCUT2D eigenvalue weighted by atomic mass is 10.1. The summed E-state index contributed by atoms with van der Waals surface area (Å²) in [6, 6.07) is 6.80. The average molecular weight is 291 g/mol. The highest BCUT2D eigenvalue weighted by Gasteiger charge is 2.27. The van der Waals surface area contributed by atoms with Gasteiger partial charge in [-0.05, 0) is 17.7 Å². The number of benzene rings is 1. The molecule has 0 unspecified atom stereocenters. The van der Waals surface area contributed by atoms with Crippen LogP contribution in [0.25, 0.3) is 0 Å². The number of nitrogens with one attached hydrogen (secondary N) is 1. The average Bonchev–Trinajstić information content (AvgIpc) is 2.37. The first kappa shape index (κ1) is 16.5. The molecule has 0 aromatic heterocycles. The smallest absolute Gasteiger partial charge is 0.380 e. The molecule has 1 aromatic carbocycles. The van der Waals surface area contributed by atoms with Crippen molar-refractivity contribution in [2.45, 2.75) is 12.8 Å². The van der Waals surface area contributed by atoms with Gasteiger partial charge in [0.2, 0.25) is 0 Å². The molecule has 0 aliphatic heterocycles. The van der Waals surface area contributed by atoms with E-state index in [0.29, 0.717) is 12.2 Å². The first-order valence-electron chi connectivity index (χ1n) is 5.93. The van der Waals surface area contributed by atoms with Crippen LogP contribution in [0.3, 0.4) is 0 Å². The maximum absolute atomic E-state index is 11.8. The number of hydrogen-bond acceptors (Lipinski definition) is 3. The summed E-state index contributed by atoms with van der Waals surface area (Å²) in [7, 11) is 1.55. The van der Waals surface area contributed by atoms with Crippen LogP contribution in [-0.4, -0.2) is 39.0 Å². The van der Waals surface area contributed by atoms with Gasteiger partial charge in [0.15, 0.2) is 0 Å². The number of ether oxygens (including phenoxy) is 2. The topological polar surface area (TPSA) is 47.6 Å². The minimum absolute atomic E-state index is 0.0173. The fourth-order valence-corrected chi connectivity index (χ4v) is 1.50. The first-order chi connectivity index (χ1) is 9.42. The van der Waals surface area contributed by atoms with Crippen molar-refractivity contribution in [1.29, 1.82) is 0 Å². The minimum Gasteiger partial charge on any atom is -0.380 e. The highest BCUT2D eigenvalue weighted by molar-refractivity contribution is 5.94. The molecule has 7 heteroatoms. The van der Waals surface area contributed by atoms with Crippen LogP contribution < -0.4 is 5.32 Å². The van der Waals surface area contributed by atoms with Crippen LogP contribution in [0, 0.1) is 0 Å². The van der Waals surface area contributed by atoms with Crippen LogP contribution in [-0.2, 0) is 16.1 Å². The molecule has 0 aliphatic rings. The third-order valence-electron chi connectivity index (χ3n) is 2.30. The van der Waals surface area contributed by atoms with Crippen LogP contribution in [0.1, 0.15) is 15.9 Å². The SMILES string of the molecule is COCc1cccc(C(=O)NCCOCC(F)(F)F)c1. The monoisotopic (exact) mass is 291 g/mol. The molecule has 112 valence electrons. The lowest BCUT2D eigenvalue weighted by molar-refractivity contribution is -0.173. The number of carbonyl (C=O) groups excluding carboxylic acids is 1. The van der Waals surface area contributed by atoms with E-state index in [9.17, 15) is 18.0 Å². The molecule has 0 fully saturated rings. The number of carbonyl (C=O) groups is 1. The van der Waals surface area contributed by atoms with E-state index in [1.807, 2.05) is 6.07 Å². The molecule has 1 aromatic rings. The molecular formula is C13H16F3NO3. The number of alkyl halides is 3. The van der Waals surface area contributed by atoms with E-state index in [2.05, 4.69) is 10.1 Å². The van der Waals surface area contributed by atoms with Gasteiger partial charge in [-0.1, -0.05) is 12.1 Å². The van der Waals surface area contributed by atoms with Gasteiger partial charge in [-0.25, -0.2) is 0 Å². The van der Waals surface area contributed by atoms with Gasteiger partial charge in [0, 0.05) is 19.2 Å². The summed E-state index contributed by atoms with van der Waals surface area (Å²) in [6.07, 6.45) is -4.35. The maximum Gasteiger partial charge on any atom is 0.411 e. The van der Waals surface area contributed by atoms with Gasteiger partial charge in [-0.2, -0.15) is 13.2 Å². The summed E-state index contributed by atoms with van der Waals surface area (Å²) in [6.45, 7) is -1.10. The van der Waals surface area contributed by atoms with Crippen LogP contribution in [0.5, 0.6) is 0 Å². The second kappa shape index (κ2) is 7.86. The van der Waals surface area contributed by atoms with Crippen LogP contribution in [0.2, 0.25) is 0 Å². The first-order valence-corrected chi connectivity index (χ1v) is 5.93. The quantitative estimate of drug-likeness (QED) is 0.783. The van der Waals surface area contributed by atoms with Crippen molar-refractivity contribution in [2.75, 3.05) is 26.9 Å². The maximum atomic E-state index is 11.8. The molecule has 1 amide bonds. The summed E-state index contributed by atoms with van der Waals surface area (Å²) in [5, 5.41) is 2.48. The summed E-state index contributed by atoms with van der Waals surface area (Å²) in [4.78, 5) is 11.7. The Labute approximate surface area is 114 Å². The van der Waals surface area contributed by atoms with Gasteiger partial charge < -0.3 is 14.8 Å². The predicted molar refractivity (Wildman–Crippen MR) is 66.4 cm³/mol. The van der Waals surface area contributed by atoms with Crippen molar-refractivity contribution < 1.29 is 27.4 Å². The number of amides is 1.